The molecule has 1 spiro atoms. The van der Waals surface area contributed by atoms with E-state index in [9.17, 15) is 4.79 Å². The van der Waals surface area contributed by atoms with Gasteiger partial charge in [0.15, 0.2) is 0 Å². The fourth-order valence-electron chi connectivity index (χ4n) is 5.21. The van der Waals surface area contributed by atoms with Gasteiger partial charge in [-0.25, -0.2) is 9.97 Å². The lowest BCUT2D eigenvalue weighted by molar-refractivity contribution is 0.0141. The Labute approximate surface area is 165 Å². The topological polar surface area (TPSA) is 67.4 Å². The molecule has 28 heavy (non-hydrogen) atoms. The summed E-state index contributed by atoms with van der Waals surface area (Å²) >= 11 is 0. The van der Waals surface area contributed by atoms with Crippen molar-refractivity contribution in [3.8, 4) is 0 Å². The number of nitrogens with one attached hydrogen (secondary N) is 1. The van der Waals surface area contributed by atoms with Crippen molar-refractivity contribution in [2.45, 2.75) is 37.9 Å². The first-order valence-corrected chi connectivity index (χ1v) is 10.3. The van der Waals surface area contributed by atoms with E-state index in [1.807, 2.05) is 42.7 Å². The van der Waals surface area contributed by atoms with E-state index in [1.165, 1.54) is 0 Å². The Kier molecular flexibility index (Phi) is 4.31. The predicted octanol–water partition coefficient (Wildman–Crippen LogP) is 2.45. The Balaban J connectivity index is 1.28. The lowest BCUT2D eigenvalue weighted by atomic mass is 9.73. The fourth-order valence-corrected chi connectivity index (χ4v) is 5.21. The zero-order valence-corrected chi connectivity index (χ0v) is 16.2. The highest BCUT2D eigenvalue weighted by atomic mass is 16.5. The maximum atomic E-state index is 12.5. The summed E-state index contributed by atoms with van der Waals surface area (Å²) in [4.78, 5) is 23.9. The van der Waals surface area contributed by atoms with E-state index in [1.54, 1.807) is 0 Å². The van der Waals surface area contributed by atoms with Crippen molar-refractivity contribution in [1.29, 1.82) is 0 Å². The third-order valence-electron chi connectivity index (χ3n) is 6.70. The Morgan fingerprint density at radius 1 is 1.29 bits per heavy atom. The first-order chi connectivity index (χ1) is 13.7. The molecule has 0 saturated carbocycles. The second kappa shape index (κ2) is 6.85. The second-order valence-corrected chi connectivity index (χ2v) is 8.23. The van der Waals surface area contributed by atoms with Crippen LogP contribution in [0.15, 0.2) is 42.7 Å². The average molecular weight is 378 g/mol. The minimum absolute atomic E-state index is 0.00855. The molecule has 3 saturated heterocycles. The largest absolute Gasteiger partial charge is 0.369 e. The van der Waals surface area contributed by atoms with E-state index < -0.39 is 0 Å². The summed E-state index contributed by atoms with van der Waals surface area (Å²) in [5.74, 6) is 1.55. The molecule has 3 aliphatic heterocycles. The lowest BCUT2D eigenvalue weighted by Crippen LogP contribution is -2.41. The van der Waals surface area contributed by atoms with Crippen LogP contribution in [0.1, 0.15) is 35.7 Å². The van der Waals surface area contributed by atoms with E-state index in [0.29, 0.717) is 23.9 Å². The number of nitrogens with zero attached hydrogens (tertiary/aromatic N) is 3. The SMILES string of the molecule is CCc1cnc(N2C[C@@H]3[C@H](CNC(=O)c4ccccc4)[C@H]4CC[C@]3(C2)O4)nc1. The van der Waals surface area contributed by atoms with Crippen molar-refractivity contribution in [2.75, 3.05) is 24.5 Å². The molecule has 5 rings (SSSR count). The molecular weight excluding hydrogens is 352 g/mol. The van der Waals surface area contributed by atoms with Gasteiger partial charge in [0.05, 0.1) is 18.2 Å². The summed E-state index contributed by atoms with van der Waals surface area (Å²) in [5, 5.41) is 3.14. The molecule has 6 nitrogen and oxygen atoms in total. The summed E-state index contributed by atoms with van der Waals surface area (Å²) in [5.41, 5.74) is 1.76. The van der Waals surface area contributed by atoms with Crippen LogP contribution in [0.3, 0.4) is 0 Å². The van der Waals surface area contributed by atoms with Crippen molar-refractivity contribution in [3.05, 3.63) is 53.9 Å². The van der Waals surface area contributed by atoms with E-state index in [4.69, 9.17) is 4.74 Å². The number of hydrogen-bond donors (Lipinski definition) is 1. The molecule has 2 bridgehead atoms. The number of ether oxygens (including phenoxy) is 1. The standard InChI is InChI=1S/C22H26N4O2/c1-2-15-10-24-21(25-11-15)26-13-18-17(19-8-9-22(18,14-26)28-19)12-23-20(27)16-6-4-3-5-7-16/h3-7,10-11,17-19H,2,8-9,12-14H2,1H3,(H,23,27)/t17-,18+,19+,22+/m0/s1. The molecule has 1 aromatic carbocycles. The smallest absolute Gasteiger partial charge is 0.251 e. The van der Waals surface area contributed by atoms with Crippen LogP contribution in [-0.2, 0) is 11.2 Å². The van der Waals surface area contributed by atoms with Gasteiger partial charge in [0.25, 0.3) is 5.91 Å². The van der Waals surface area contributed by atoms with Crippen molar-refractivity contribution >= 4 is 11.9 Å². The Morgan fingerprint density at radius 2 is 2.07 bits per heavy atom. The molecule has 1 N–H and O–H groups in total. The van der Waals surface area contributed by atoms with Crippen LogP contribution < -0.4 is 10.2 Å². The number of hydrogen-bond acceptors (Lipinski definition) is 5. The zero-order chi connectivity index (χ0) is 19.1. The maximum Gasteiger partial charge on any atom is 0.251 e. The lowest BCUT2D eigenvalue weighted by Gasteiger charge is -2.29. The fraction of sp³-hybridized carbons (Fsp3) is 0.500. The van der Waals surface area contributed by atoms with Crippen molar-refractivity contribution in [2.24, 2.45) is 11.8 Å². The molecule has 2 aromatic rings. The summed E-state index contributed by atoms with van der Waals surface area (Å²) in [6.45, 7) is 4.52. The van der Waals surface area contributed by atoms with Gasteiger partial charge in [-0.2, -0.15) is 0 Å². The molecule has 0 aliphatic carbocycles. The van der Waals surface area contributed by atoms with Crippen LogP contribution in [0, 0.1) is 11.8 Å². The molecule has 0 unspecified atom stereocenters. The highest BCUT2D eigenvalue weighted by Crippen LogP contribution is 2.54. The van der Waals surface area contributed by atoms with Gasteiger partial charge in [-0.3, -0.25) is 4.79 Å². The molecule has 3 fully saturated rings. The van der Waals surface area contributed by atoms with E-state index >= 15 is 0 Å². The minimum atomic E-state index is -0.0976. The molecule has 1 amide bonds. The van der Waals surface area contributed by atoms with Crippen molar-refractivity contribution in [1.82, 2.24) is 15.3 Å². The van der Waals surface area contributed by atoms with Gasteiger partial charge in [0, 0.05) is 42.9 Å². The van der Waals surface area contributed by atoms with Gasteiger partial charge in [0.2, 0.25) is 5.95 Å². The second-order valence-electron chi connectivity index (χ2n) is 8.23. The maximum absolute atomic E-state index is 12.5. The number of carbonyl (C=O) groups is 1. The van der Waals surface area contributed by atoms with Gasteiger partial charge in [-0.15, -0.1) is 0 Å². The van der Waals surface area contributed by atoms with Crippen LogP contribution in [-0.4, -0.2) is 47.2 Å². The van der Waals surface area contributed by atoms with Gasteiger partial charge >= 0.3 is 0 Å². The number of aromatic nitrogens is 2. The summed E-state index contributed by atoms with van der Waals surface area (Å²) in [7, 11) is 0. The van der Waals surface area contributed by atoms with E-state index in [2.05, 4.69) is 27.1 Å². The number of carbonyl (C=O) groups excluding carboxylic acids is 1. The number of aryl methyl sites for hydroxylation is 1. The average Bonchev–Trinajstić information content (AvgIpc) is 3.41. The van der Waals surface area contributed by atoms with Gasteiger partial charge in [-0.05, 0) is 37.0 Å². The quantitative estimate of drug-likeness (QED) is 0.866. The Morgan fingerprint density at radius 3 is 2.82 bits per heavy atom. The summed E-state index contributed by atoms with van der Waals surface area (Å²) < 4.78 is 6.48. The van der Waals surface area contributed by atoms with Crippen LogP contribution in [0.4, 0.5) is 5.95 Å². The van der Waals surface area contributed by atoms with Gasteiger partial charge in [-0.1, -0.05) is 25.1 Å². The number of anilines is 1. The number of benzene rings is 1. The minimum Gasteiger partial charge on any atom is -0.369 e. The number of amides is 1. The van der Waals surface area contributed by atoms with E-state index in [0.717, 1.165) is 43.9 Å². The molecule has 0 radical (unpaired) electrons. The molecule has 4 atom stereocenters. The Hall–Kier alpha value is -2.47. The summed E-state index contributed by atoms with van der Waals surface area (Å²) in [6.07, 6.45) is 7.21. The molecule has 146 valence electrons. The van der Waals surface area contributed by atoms with Crippen molar-refractivity contribution in [3.63, 3.8) is 0 Å². The highest BCUT2D eigenvalue weighted by molar-refractivity contribution is 5.94. The third-order valence-corrected chi connectivity index (χ3v) is 6.70. The monoisotopic (exact) mass is 378 g/mol. The van der Waals surface area contributed by atoms with E-state index in [-0.39, 0.29) is 17.6 Å². The van der Waals surface area contributed by atoms with Gasteiger partial charge in [0.1, 0.15) is 0 Å². The Bertz CT molecular complexity index is 857. The zero-order valence-electron chi connectivity index (χ0n) is 16.2. The summed E-state index contributed by atoms with van der Waals surface area (Å²) in [6, 6.07) is 9.41. The first kappa shape index (κ1) is 17.6. The number of rotatable bonds is 5. The molecule has 3 aliphatic rings. The van der Waals surface area contributed by atoms with Crippen LogP contribution in [0.5, 0.6) is 0 Å². The van der Waals surface area contributed by atoms with Crippen LogP contribution in [0.2, 0.25) is 0 Å². The third kappa shape index (κ3) is 2.87. The van der Waals surface area contributed by atoms with Crippen LogP contribution >= 0.6 is 0 Å². The molecule has 1 aromatic heterocycles. The van der Waals surface area contributed by atoms with Crippen molar-refractivity contribution < 1.29 is 9.53 Å². The number of fused-ring (bicyclic) bond motifs is 1. The normalized spacial score (nSPS) is 30.5. The first-order valence-electron chi connectivity index (χ1n) is 10.3. The molecule has 4 heterocycles. The van der Waals surface area contributed by atoms with Gasteiger partial charge < -0.3 is 15.0 Å². The van der Waals surface area contributed by atoms with Crippen LogP contribution in [0.25, 0.3) is 0 Å². The highest BCUT2D eigenvalue weighted by Gasteiger charge is 2.63. The molecular formula is C22H26N4O2. The predicted molar refractivity (Wildman–Crippen MR) is 106 cm³/mol. The molecule has 6 heteroatoms.